The first-order valence-electron chi connectivity index (χ1n) is 5.10. The number of hydrogen-bond donors (Lipinski definition) is 1. The van der Waals surface area contributed by atoms with Crippen molar-refractivity contribution in [2.75, 3.05) is 11.9 Å². The van der Waals surface area contributed by atoms with E-state index in [0.29, 0.717) is 11.9 Å². The summed E-state index contributed by atoms with van der Waals surface area (Å²) < 4.78 is 0. The smallest absolute Gasteiger partial charge is 0.356 e. The second-order valence-electron chi connectivity index (χ2n) is 3.67. The normalized spacial score (nSPS) is 12.2. The van der Waals surface area contributed by atoms with Crippen molar-refractivity contribution in [2.24, 2.45) is 0 Å². The van der Waals surface area contributed by atoms with Gasteiger partial charge in [0, 0.05) is 13.1 Å². The van der Waals surface area contributed by atoms with Crippen molar-refractivity contribution >= 4 is 23.4 Å². The van der Waals surface area contributed by atoms with Gasteiger partial charge in [-0.1, -0.05) is 18.5 Å². The molecule has 0 aliphatic rings. The highest BCUT2D eigenvalue weighted by atomic mass is 35.5. The van der Waals surface area contributed by atoms with Crippen molar-refractivity contribution in [3.63, 3.8) is 0 Å². The fourth-order valence-electron chi connectivity index (χ4n) is 1.28. The number of aromatic nitrogens is 1. The number of rotatable bonds is 4. The minimum absolute atomic E-state index is 0.102. The average Bonchev–Trinajstić information content (AvgIpc) is 2.27. The molecule has 1 aromatic heterocycles. The van der Waals surface area contributed by atoms with Crippen LogP contribution in [0.2, 0.25) is 5.02 Å². The fourth-order valence-corrected chi connectivity index (χ4v) is 1.46. The van der Waals surface area contributed by atoms with E-state index in [0.717, 1.165) is 6.42 Å². The van der Waals surface area contributed by atoms with Crippen LogP contribution in [0, 0.1) is 0 Å². The van der Waals surface area contributed by atoms with Crippen molar-refractivity contribution in [2.45, 2.75) is 26.3 Å². The molecule has 5 heteroatoms. The maximum Gasteiger partial charge on any atom is 0.356 e. The van der Waals surface area contributed by atoms with Gasteiger partial charge >= 0.3 is 5.97 Å². The Labute approximate surface area is 99.9 Å². The van der Waals surface area contributed by atoms with E-state index in [4.69, 9.17) is 16.7 Å². The molecule has 1 unspecified atom stereocenters. The van der Waals surface area contributed by atoms with Crippen LogP contribution in [0.15, 0.2) is 12.1 Å². The van der Waals surface area contributed by atoms with Gasteiger partial charge in [-0.05, 0) is 25.5 Å². The summed E-state index contributed by atoms with van der Waals surface area (Å²) in [6, 6.07) is 3.59. The Balaban J connectivity index is 3.07. The van der Waals surface area contributed by atoms with Gasteiger partial charge in [-0.25, -0.2) is 9.78 Å². The molecule has 0 fully saturated rings. The topological polar surface area (TPSA) is 53.4 Å². The Morgan fingerprint density at radius 1 is 1.62 bits per heavy atom. The SMILES string of the molecule is CCC(C)N(C)c1ccc(Cl)c(C(=O)O)n1. The van der Waals surface area contributed by atoms with Crippen LogP contribution in [0.25, 0.3) is 0 Å². The Bertz CT molecular complexity index is 396. The Hall–Kier alpha value is -1.29. The highest BCUT2D eigenvalue weighted by Crippen LogP contribution is 2.20. The summed E-state index contributed by atoms with van der Waals surface area (Å²) >= 11 is 5.75. The molecule has 1 atom stereocenters. The van der Waals surface area contributed by atoms with Crippen LogP contribution in [0.3, 0.4) is 0 Å². The first-order chi connectivity index (χ1) is 7.47. The van der Waals surface area contributed by atoms with Gasteiger partial charge in [0.2, 0.25) is 0 Å². The summed E-state index contributed by atoms with van der Waals surface area (Å²) in [5.41, 5.74) is -0.102. The van der Waals surface area contributed by atoms with Crippen LogP contribution in [-0.4, -0.2) is 29.1 Å². The zero-order valence-corrected chi connectivity index (χ0v) is 10.3. The maximum atomic E-state index is 10.9. The molecule has 0 radical (unpaired) electrons. The maximum absolute atomic E-state index is 10.9. The first-order valence-corrected chi connectivity index (χ1v) is 5.47. The lowest BCUT2D eigenvalue weighted by Crippen LogP contribution is -2.29. The van der Waals surface area contributed by atoms with E-state index in [1.807, 2.05) is 11.9 Å². The van der Waals surface area contributed by atoms with Crippen molar-refractivity contribution in [1.29, 1.82) is 0 Å². The molecular weight excluding hydrogens is 228 g/mol. The lowest BCUT2D eigenvalue weighted by Gasteiger charge is -2.25. The van der Waals surface area contributed by atoms with Crippen molar-refractivity contribution in [3.8, 4) is 0 Å². The quantitative estimate of drug-likeness (QED) is 0.882. The predicted octanol–water partition coefficient (Wildman–Crippen LogP) is 2.67. The van der Waals surface area contributed by atoms with Crippen LogP contribution in [0.4, 0.5) is 5.82 Å². The number of anilines is 1. The van der Waals surface area contributed by atoms with E-state index in [2.05, 4.69) is 18.8 Å². The third kappa shape index (κ3) is 2.64. The van der Waals surface area contributed by atoms with E-state index >= 15 is 0 Å². The van der Waals surface area contributed by atoms with Gasteiger partial charge < -0.3 is 10.0 Å². The molecule has 4 nitrogen and oxygen atoms in total. The minimum Gasteiger partial charge on any atom is -0.476 e. The lowest BCUT2D eigenvalue weighted by molar-refractivity contribution is 0.0691. The second kappa shape index (κ2) is 5.16. The molecule has 88 valence electrons. The van der Waals surface area contributed by atoms with Gasteiger partial charge in [0.1, 0.15) is 5.82 Å². The molecule has 0 aliphatic carbocycles. The largest absolute Gasteiger partial charge is 0.476 e. The monoisotopic (exact) mass is 242 g/mol. The number of carboxylic acid groups (broad SMARTS) is 1. The van der Waals surface area contributed by atoms with E-state index in [1.54, 1.807) is 12.1 Å². The minimum atomic E-state index is -1.11. The van der Waals surface area contributed by atoms with E-state index < -0.39 is 5.97 Å². The van der Waals surface area contributed by atoms with Gasteiger partial charge in [0.15, 0.2) is 5.69 Å². The molecule has 1 heterocycles. The van der Waals surface area contributed by atoms with E-state index in [1.165, 1.54) is 0 Å². The number of carboxylic acids is 1. The molecule has 1 N–H and O–H groups in total. The molecule has 1 rings (SSSR count). The Kier molecular flexibility index (Phi) is 4.12. The molecule has 0 spiro atoms. The zero-order valence-electron chi connectivity index (χ0n) is 9.57. The summed E-state index contributed by atoms with van der Waals surface area (Å²) in [5, 5.41) is 9.06. The van der Waals surface area contributed by atoms with Crippen LogP contribution >= 0.6 is 11.6 Å². The number of nitrogens with zero attached hydrogens (tertiary/aromatic N) is 2. The first kappa shape index (κ1) is 12.8. The Morgan fingerprint density at radius 2 is 2.25 bits per heavy atom. The highest BCUT2D eigenvalue weighted by molar-refractivity contribution is 6.33. The van der Waals surface area contributed by atoms with Gasteiger partial charge in [0.05, 0.1) is 5.02 Å². The second-order valence-corrected chi connectivity index (χ2v) is 4.08. The third-order valence-corrected chi connectivity index (χ3v) is 2.95. The molecule has 0 amide bonds. The van der Waals surface area contributed by atoms with Crippen molar-refractivity contribution < 1.29 is 9.90 Å². The zero-order chi connectivity index (χ0) is 12.3. The molecule has 0 saturated carbocycles. The predicted molar refractivity (Wildman–Crippen MR) is 64.4 cm³/mol. The van der Waals surface area contributed by atoms with E-state index in [9.17, 15) is 4.79 Å². The van der Waals surface area contributed by atoms with Crippen molar-refractivity contribution in [1.82, 2.24) is 4.98 Å². The van der Waals surface area contributed by atoms with Crippen LogP contribution in [-0.2, 0) is 0 Å². The van der Waals surface area contributed by atoms with Crippen LogP contribution in [0.1, 0.15) is 30.8 Å². The number of aromatic carboxylic acids is 1. The molecule has 0 aliphatic heterocycles. The summed E-state index contributed by atoms with van der Waals surface area (Å²) in [4.78, 5) is 16.8. The van der Waals surface area contributed by atoms with Gasteiger partial charge in [-0.3, -0.25) is 0 Å². The summed E-state index contributed by atoms with van der Waals surface area (Å²) in [6.45, 7) is 4.12. The molecule has 0 aromatic carbocycles. The molecule has 1 aromatic rings. The lowest BCUT2D eigenvalue weighted by atomic mass is 10.2. The highest BCUT2D eigenvalue weighted by Gasteiger charge is 2.15. The summed E-state index contributed by atoms with van der Waals surface area (Å²) in [7, 11) is 1.88. The standard InChI is InChI=1S/C11H15ClN2O2/c1-4-7(2)14(3)9-6-5-8(12)10(13-9)11(15)16/h5-7H,4H2,1-3H3,(H,15,16). The van der Waals surface area contributed by atoms with Gasteiger partial charge in [0.25, 0.3) is 0 Å². The summed E-state index contributed by atoms with van der Waals surface area (Å²) in [5.74, 6) is -0.486. The van der Waals surface area contributed by atoms with Crippen LogP contribution in [0.5, 0.6) is 0 Å². The van der Waals surface area contributed by atoms with Crippen molar-refractivity contribution in [3.05, 3.63) is 22.8 Å². The summed E-state index contributed by atoms with van der Waals surface area (Å²) in [6.07, 6.45) is 0.962. The molecule has 0 bridgehead atoms. The number of hydrogen-bond acceptors (Lipinski definition) is 3. The van der Waals surface area contributed by atoms with Gasteiger partial charge in [-0.2, -0.15) is 0 Å². The number of halogens is 1. The van der Waals surface area contributed by atoms with E-state index in [-0.39, 0.29) is 10.7 Å². The molecular formula is C11H15ClN2O2. The fraction of sp³-hybridized carbons (Fsp3) is 0.455. The van der Waals surface area contributed by atoms with Crippen LogP contribution < -0.4 is 4.90 Å². The Morgan fingerprint density at radius 3 is 2.75 bits per heavy atom. The number of pyridine rings is 1. The molecule has 16 heavy (non-hydrogen) atoms. The average molecular weight is 243 g/mol. The third-order valence-electron chi connectivity index (χ3n) is 2.65. The van der Waals surface area contributed by atoms with Gasteiger partial charge in [-0.15, -0.1) is 0 Å². The molecule has 0 saturated heterocycles. The number of carbonyl (C=O) groups is 1.